The Morgan fingerprint density at radius 2 is 2.21 bits per heavy atom. The van der Waals surface area contributed by atoms with Gasteiger partial charge in [-0.25, -0.2) is 4.98 Å². The minimum Gasteiger partial charge on any atom is -0.493 e. The van der Waals surface area contributed by atoms with E-state index in [0.29, 0.717) is 12.5 Å². The number of amides is 1. The normalized spacial score (nSPS) is 19.5. The molecule has 1 saturated carbocycles. The smallest absolute Gasteiger partial charge is 0.226 e. The number of carbonyl (C=O) groups excluding carboxylic acids is 1. The molecule has 4 rings (SSSR count). The molecule has 0 radical (unpaired) electrons. The molecule has 156 valence electrons. The van der Waals surface area contributed by atoms with Crippen LogP contribution in [0.2, 0.25) is 0 Å². The zero-order valence-corrected chi connectivity index (χ0v) is 18.2. The van der Waals surface area contributed by atoms with E-state index in [-0.39, 0.29) is 18.1 Å². The SMILES string of the molecule is CC(=O)NC(C)COC1CCc2oc(-c3ccc(OCC4CC4)c(P)c3)nc2C1. The predicted molar refractivity (Wildman–Crippen MR) is 115 cm³/mol. The second kappa shape index (κ2) is 8.85. The Hall–Kier alpha value is -1.91. The Kier molecular flexibility index (Phi) is 6.21. The highest BCUT2D eigenvalue weighted by Gasteiger charge is 2.26. The molecule has 0 bridgehead atoms. The highest BCUT2D eigenvalue weighted by atomic mass is 31.0. The fourth-order valence-electron chi connectivity index (χ4n) is 3.59. The summed E-state index contributed by atoms with van der Waals surface area (Å²) in [7, 11) is 2.75. The second-order valence-corrected chi connectivity index (χ2v) is 8.82. The number of benzene rings is 1. The molecular weight excluding hydrogens is 387 g/mol. The number of rotatable bonds is 8. The molecular formula is C22H29N2O4P. The van der Waals surface area contributed by atoms with E-state index in [0.717, 1.165) is 59.9 Å². The second-order valence-electron chi connectivity index (χ2n) is 8.20. The van der Waals surface area contributed by atoms with Gasteiger partial charge in [-0.05, 0) is 50.3 Å². The number of hydrogen-bond donors (Lipinski definition) is 1. The topological polar surface area (TPSA) is 73.6 Å². The van der Waals surface area contributed by atoms with E-state index in [1.807, 2.05) is 25.1 Å². The van der Waals surface area contributed by atoms with Gasteiger partial charge in [0.15, 0.2) is 0 Å². The maximum atomic E-state index is 11.1. The molecule has 29 heavy (non-hydrogen) atoms. The molecule has 1 N–H and O–H groups in total. The summed E-state index contributed by atoms with van der Waals surface area (Å²) in [5, 5.41) is 3.87. The maximum Gasteiger partial charge on any atom is 0.226 e. The van der Waals surface area contributed by atoms with Crippen LogP contribution in [0.3, 0.4) is 0 Å². The van der Waals surface area contributed by atoms with Gasteiger partial charge in [0.2, 0.25) is 11.8 Å². The molecule has 3 atom stereocenters. The molecule has 1 amide bonds. The molecule has 6 nitrogen and oxygen atoms in total. The number of fused-ring (bicyclic) bond motifs is 1. The highest BCUT2D eigenvalue weighted by Crippen LogP contribution is 2.31. The van der Waals surface area contributed by atoms with Crippen molar-refractivity contribution in [2.24, 2.45) is 5.92 Å². The lowest BCUT2D eigenvalue weighted by atomic mass is 9.99. The number of ether oxygens (including phenoxy) is 2. The molecule has 2 aliphatic rings. The summed E-state index contributed by atoms with van der Waals surface area (Å²) >= 11 is 0. The van der Waals surface area contributed by atoms with Crippen molar-refractivity contribution in [1.29, 1.82) is 0 Å². The third-order valence-corrected chi connectivity index (χ3v) is 5.80. The first-order valence-corrected chi connectivity index (χ1v) is 11.0. The van der Waals surface area contributed by atoms with Crippen LogP contribution in [-0.2, 0) is 22.4 Å². The lowest BCUT2D eigenvalue weighted by Gasteiger charge is -2.23. The fraction of sp³-hybridized carbons (Fsp3) is 0.545. The molecule has 1 heterocycles. The van der Waals surface area contributed by atoms with Gasteiger partial charge in [0.05, 0.1) is 25.0 Å². The van der Waals surface area contributed by atoms with E-state index in [1.54, 1.807) is 0 Å². The van der Waals surface area contributed by atoms with Crippen LogP contribution in [0.15, 0.2) is 22.6 Å². The van der Waals surface area contributed by atoms with Gasteiger partial charge >= 0.3 is 0 Å². The quantitative estimate of drug-likeness (QED) is 0.670. The van der Waals surface area contributed by atoms with E-state index in [1.165, 1.54) is 19.8 Å². The first-order valence-electron chi connectivity index (χ1n) is 10.4. The van der Waals surface area contributed by atoms with Crippen molar-refractivity contribution in [3.05, 3.63) is 29.7 Å². The summed E-state index contributed by atoms with van der Waals surface area (Å²) < 4.78 is 17.9. The van der Waals surface area contributed by atoms with E-state index >= 15 is 0 Å². The van der Waals surface area contributed by atoms with Gasteiger partial charge in [-0.3, -0.25) is 4.79 Å². The summed E-state index contributed by atoms with van der Waals surface area (Å²) in [4.78, 5) is 15.9. The van der Waals surface area contributed by atoms with Crippen LogP contribution in [-0.4, -0.2) is 36.3 Å². The molecule has 1 aromatic carbocycles. The molecule has 7 heteroatoms. The van der Waals surface area contributed by atoms with Crippen molar-refractivity contribution >= 4 is 20.5 Å². The van der Waals surface area contributed by atoms with Crippen LogP contribution in [0.5, 0.6) is 5.75 Å². The molecule has 2 aliphatic carbocycles. The maximum absolute atomic E-state index is 11.1. The average Bonchev–Trinajstić information content (AvgIpc) is 3.41. The van der Waals surface area contributed by atoms with Crippen molar-refractivity contribution < 1.29 is 18.7 Å². The highest BCUT2D eigenvalue weighted by molar-refractivity contribution is 7.27. The molecule has 1 fully saturated rings. The van der Waals surface area contributed by atoms with Crippen LogP contribution in [0.4, 0.5) is 0 Å². The number of oxazole rings is 1. The van der Waals surface area contributed by atoms with Crippen molar-refractivity contribution in [1.82, 2.24) is 10.3 Å². The number of nitrogens with zero attached hydrogens (tertiary/aromatic N) is 1. The number of hydrogen-bond acceptors (Lipinski definition) is 5. The lowest BCUT2D eigenvalue weighted by Crippen LogP contribution is -2.36. The van der Waals surface area contributed by atoms with Crippen molar-refractivity contribution in [2.75, 3.05) is 13.2 Å². The van der Waals surface area contributed by atoms with Crippen molar-refractivity contribution in [3.8, 4) is 17.2 Å². The summed E-state index contributed by atoms with van der Waals surface area (Å²) in [6.07, 6.45) is 5.12. The van der Waals surface area contributed by atoms with E-state index < -0.39 is 0 Å². The predicted octanol–water partition coefficient (Wildman–Crippen LogP) is 3.03. The Morgan fingerprint density at radius 1 is 1.38 bits per heavy atom. The van der Waals surface area contributed by atoms with Gasteiger partial charge in [0, 0.05) is 36.7 Å². The molecule has 0 aliphatic heterocycles. The largest absolute Gasteiger partial charge is 0.493 e. The number of aromatic nitrogens is 1. The zero-order chi connectivity index (χ0) is 20.4. The number of aryl methyl sites for hydroxylation is 1. The van der Waals surface area contributed by atoms with Gasteiger partial charge < -0.3 is 19.2 Å². The molecule has 1 aromatic heterocycles. The Morgan fingerprint density at radius 3 is 2.93 bits per heavy atom. The summed E-state index contributed by atoms with van der Waals surface area (Å²) in [6, 6.07) is 6.06. The lowest BCUT2D eigenvalue weighted by molar-refractivity contribution is -0.120. The third-order valence-electron chi connectivity index (χ3n) is 5.35. The van der Waals surface area contributed by atoms with Gasteiger partial charge in [0.25, 0.3) is 0 Å². The van der Waals surface area contributed by atoms with Crippen LogP contribution >= 0.6 is 9.24 Å². The Balaban J connectivity index is 1.37. The molecule has 0 spiro atoms. The first kappa shape index (κ1) is 20.4. The number of carbonyl (C=O) groups is 1. The van der Waals surface area contributed by atoms with Crippen molar-refractivity contribution in [2.45, 2.75) is 58.1 Å². The van der Waals surface area contributed by atoms with Gasteiger partial charge in [0.1, 0.15) is 11.5 Å². The van der Waals surface area contributed by atoms with Gasteiger partial charge in [-0.1, -0.05) is 0 Å². The summed E-state index contributed by atoms with van der Waals surface area (Å²) in [5.41, 5.74) is 1.93. The fourth-order valence-corrected chi connectivity index (χ4v) is 3.95. The standard InChI is InChI=1S/C22H29N2O4P/c1-13(23-14(2)25)11-26-17-6-8-19-18(10-17)24-22(28-19)16-5-7-20(21(29)9-16)27-12-15-3-4-15/h5,7,9,13,15,17H,3-4,6,8,10-12,29H2,1-2H3,(H,23,25). The van der Waals surface area contributed by atoms with Gasteiger partial charge in [-0.2, -0.15) is 0 Å². The van der Waals surface area contributed by atoms with Crippen LogP contribution < -0.4 is 15.4 Å². The minimum atomic E-state index is -0.0365. The van der Waals surface area contributed by atoms with Gasteiger partial charge in [-0.15, -0.1) is 9.24 Å². The van der Waals surface area contributed by atoms with Crippen molar-refractivity contribution in [3.63, 3.8) is 0 Å². The van der Waals surface area contributed by atoms with E-state index in [2.05, 4.69) is 14.6 Å². The Bertz CT molecular complexity index is 878. The Labute approximate surface area is 174 Å². The average molecular weight is 416 g/mol. The molecule has 3 unspecified atom stereocenters. The van der Waals surface area contributed by atoms with Crippen LogP contribution in [0.1, 0.15) is 44.6 Å². The van der Waals surface area contributed by atoms with E-state index in [9.17, 15) is 4.79 Å². The number of nitrogens with one attached hydrogen (secondary N) is 1. The monoisotopic (exact) mass is 416 g/mol. The third kappa shape index (κ3) is 5.37. The molecule has 0 saturated heterocycles. The van der Waals surface area contributed by atoms with Crippen LogP contribution in [0, 0.1) is 5.92 Å². The first-order chi connectivity index (χ1) is 14.0. The van der Waals surface area contributed by atoms with Crippen LogP contribution in [0.25, 0.3) is 11.5 Å². The minimum absolute atomic E-state index is 0.00268. The zero-order valence-electron chi connectivity index (χ0n) is 17.1. The summed E-state index contributed by atoms with van der Waals surface area (Å²) in [6.45, 7) is 4.77. The van der Waals surface area contributed by atoms with E-state index in [4.69, 9.17) is 18.9 Å². The molecule has 2 aromatic rings. The summed E-state index contributed by atoms with van der Waals surface area (Å²) in [5.74, 6) is 3.21.